The van der Waals surface area contributed by atoms with E-state index >= 15 is 0 Å². The van der Waals surface area contributed by atoms with Crippen molar-refractivity contribution >= 4 is 17.3 Å². The van der Waals surface area contributed by atoms with Crippen LogP contribution in [0.25, 0.3) is 0 Å². The van der Waals surface area contributed by atoms with Crippen LogP contribution in [0.15, 0.2) is 30.3 Å². The lowest BCUT2D eigenvalue weighted by Gasteiger charge is -2.18. The van der Waals surface area contributed by atoms with Crippen LogP contribution in [0.3, 0.4) is 0 Å². The maximum Gasteiger partial charge on any atom is 0.255 e. The first-order valence-corrected chi connectivity index (χ1v) is 9.56. The van der Waals surface area contributed by atoms with Gasteiger partial charge in [0.2, 0.25) is 5.75 Å². The average molecular weight is 386 g/mol. The summed E-state index contributed by atoms with van der Waals surface area (Å²) in [5.41, 5.74) is 3.28. The molecule has 1 N–H and O–H groups in total. The number of rotatable bonds is 9. The highest BCUT2D eigenvalue weighted by atomic mass is 16.5. The van der Waals surface area contributed by atoms with E-state index in [1.807, 2.05) is 64.9 Å². The first-order valence-electron chi connectivity index (χ1n) is 9.56. The lowest BCUT2D eigenvalue weighted by Crippen LogP contribution is -2.15. The fourth-order valence-corrected chi connectivity index (χ4v) is 2.78. The summed E-state index contributed by atoms with van der Waals surface area (Å²) in [4.78, 5) is 14.9. The molecule has 0 saturated heterocycles. The Balaban J connectivity index is 2.36. The minimum atomic E-state index is -0.231. The number of carbonyl (C=O) groups excluding carboxylic acids is 1. The van der Waals surface area contributed by atoms with Gasteiger partial charge in [-0.25, -0.2) is 0 Å². The standard InChI is InChI=1S/C22H30N2O4/c1-7-26-19-13-16(14-20(27-8-2)21(19)28-9-3)22(25)23-18-11-10-17(24(5)6)12-15(18)4/h10-14H,7-9H2,1-6H3,(H,23,25). The highest BCUT2D eigenvalue weighted by Gasteiger charge is 2.19. The Morgan fingerprint density at radius 2 is 1.50 bits per heavy atom. The van der Waals surface area contributed by atoms with Gasteiger partial charge >= 0.3 is 0 Å². The Bertz CT molecular complexity index is 791. The van der Waals surface area contributed by atoms with Gasteiger partial charge in [0.1, 0.15) is 0 Å². The summed E-state index contributed by atoms with van der Waals surface area (Å²) in [7, 11) is 3.97. The molecule has 1 amide bonds. The highest BCUT2D eigenvalue weighted by Crippen LogP contribution is 2.39. The molecule has 6 nitrogen and oxygen atoms in total. The average Bonchev–Trinajstić information content (AvgIpc) is 2.65. The Labute approximate surface area is 167 Å². The maximum atomic E-state index is 12.9. The van der Waals surface area contributed by atoms with Crippen LogP contribution in [0.4, 0.5) is 11.4 Å². The Hall–Kier alpha value is -2.89. The summed E-state index contributed by atoms with van der Waals surface area (Å²) in [6, 6.07) is 9.29. The van der Waals surface area contributed by atoms with Crippen molar-refractivity contribution in [2.75, 3.05) is 44.1 Å². The topological polar surface area (TPSA) is 60.0 Å². The van der Waals surface area contributed by atoms with Crippen molar-refractivity contribution in [3.05, 3.63) is 41.5 Å². The van der Waals surface area contributed by atoms with Crippen LogP contribution in [0.2, 0.25) is 0 Å². The quantitative estimate of drug-likeness (QED) is 0.687. The molecule has 0 spiro atoms. The van der Waals surface area contributed by atoms with Crippen molar-refractivity contribution in [3.8, 4) is 17.2 Å². The number of carbonyl (C=O) groups is 1. The highest BCUT2D eigenvalue weighted by molar-refractivity contribution is 6.05. The third kappa shape index (κ3) is 5.09. The fourth-order valence-electron chi connectivity index (χ4n) is 2.78. The molecule has 0 aliphatic rings. The second-order valence-corrected chi connectivity index (χ2v) is 6.45. The van der Waals surface area contributed by atoms with Crippen LogP contribution in [0.5, 0.6) is 17.2 Å². The van der Waals surface area contributed by atoms with E-state index in [2.05, 4.69) is 5.32 Å². The van der Waals surface area contributed by atoms with Crippen molar-refractivity contribution < 1.29 is 19.0 Å². The Morgan fingerprint density at radius 3 is 1.96 bits per heavy atom. The SMILES string of the molecule is CCOc1cc(C(=O)Nc2ccc(N(C)C)cc2C)cc(OCC)c1OCC. The summed E-state index contributed by atoms with van der Waals surface area (Å²) >= 11 is 0. The molecule has 0 heterocycles. The van der Waals surface area contributed by atoms with Gasteiger partial charge in [0, 0.05) is 31.0 Å². The summed E-state index contributed by atoms with van der Waals surface area (Å²) in [6.07, 6.45) is 0. The van der Waals surface area contributed by atoms with Crippen LogP contribution < -0.4 is 24.4 Å². The predicted octanol–water partition coefficient (Wildman–Crippen LogP) is 4.51. The molecule has 0 atom stereocenters. The third-order valence-electron chi connectivity index (χ3n) is 4.15. The van der Waals surface area contributed by atoms with Gasteiger partial charge in [-0.05, 0) is 63.6 Å². The van der Waals surface area contributed by atoms with Crippen molar-refractivity contribution in [2.45, 2.75) is 27.7 Å². The van der Waals surface area contributed by atoms with E-state index in [0.29, 0.717) is 42.6 Å². The number of amides is 1. The predicted molar refractivity (Wildman–Crippen MR) is 113 cm³/mol. The number of benzene rings is 2. The molecule has 2 aromatic rings. The van der Waals surface area contributed by atoms with Crippen molar-refractivity contribution in [1.29, 1.82) is 0 Å². The summed E-state index contributed by atoms with van der Waals surface area (Å²) in [5.74, 6) is 1.29. The molecule has 0 aliphatic carbocycles. The summed E-state index contributed by atoms with van der Waals surface area (Å²) < 4.78 is 17.1. The van der Waals surface area contributed by atoms with Gasteiger partial charge < -0.3 is 24.4 Å². The molecule has 0 saturated carbocycles. The molecule has 6 heteroatoms. The maximum absolute atomic E-state index is 12.9. The number of anilines is 2. The summed E-state index contributed by atoms with van der Waals surface area (Å²) in [6.45, 7) is 9.04. The molecule has 0 fully saturated rings. The number of nitrogens with zero attached hydrogens (tertiary/aromatic N) is 1. The van der Waals surface area contributed by atoms with E-state index in [1.54, 1.807) is 12.1 Å². The van der Waals surface area contributed by atoms with Crippen LogP contribution in [0.1, 0.15) is 36.7 Å². The minimum absolute atomic E-state index is 0.231. The number of hydrogen-bond acceptors (Lipinski definition) is 5. The van der Waals surface area contributed by atoms with Crippen molar-refractivity contribution in [1.82, 2.24) is 0 Å². The zero-order valence-electron chi connectivity index (χ0n) is 17.6. The fraction of sp³-hybridized carbons (Fsp3) is 0.409. The Morgan fingerprint density at radius 1 is 0.929 bits per heavy atom. The van der Waals surface area contributed by atoms with Crippen LogP contribution in [0, 0.1) is 6.92 Å². The zero-order chi connectivity index (χ0) is 20.7. The minimum Gasteiger partial charge on any atom is -0.490 e. The van der Waals surface area contributed by atoms with Gasteiger partial charge in [0.05, 0.1) is 19.8 Å². The monoisotopic (exact) mass is 386 g/mol. The molecule has 2 rings (SSSR count). The molecule has 152 valence electrons. The second kappa shape index (κ2) is 9.88. The van der Waals surface area contributed by atoms with Gasteiger partial charge in [0.15, 0.2) is 11.5 Å². The summed E-state index contributed by atoms with van der Waals surface area (Å²) in [5, 5.41) is 2.97. The molecule has 0 aliphatic heterocycles. The number of ether oxygens (including phenoxy) is 3. The van der Waals surface area contributed by atoms with Gasteiger partial charge in [-0.15, -0.1) is 0 Å². The van der Waals surface area contributed by atoms with E-state index in [-0.39, 0.29) is 5.91 Å². The van der Waals surface area contributed by atoms with Crippen LogP contribution >= 0.6 is 0 Å². The first kappa shape index (κ1) is 21.4. The number of hydrogen-bond donors (Lipinski definition) is 1. The lowest BCUT2D eigenvalue weighted by atomic mass is 10.1. The molecular formula is C22H30N2O4. The van der Waals surface area contributed by atoms with E-state index < -0.39 is 0 Å². The van der Waals surface area contributed by atoms with Crippen molar-refractivity contribution in [2.24, 2.45) is 0 Å². The normalized spacial score (nSPS) is 10.4. The molecule has 28 heavy (non-hydrogen) atoms. The number of aryl methyl sites for hydroxylation is 1. The number of nitrogens with one attached hydrogen (secondary N) is 1. The van der Waals surface area contributed by atoms with E-state index in [9.17, 15) is 4.79 Å². The van der Waals surface area contributed by atoms with Gasteiger partial charge in [-0.3, -0.25) is 4.79 Å². The lowest BCUT2D eigenvalue weighted by molar-refractivity contribution is 0.102. The van der Waals surface area contributed by atoms with E-state index in [4.69, 9.17) is 14.2 Å². The van der Waals surface area contributed by atoms with Gasteiger partial charge in [-0.1, -0.05) is 0 Å². The van der Waals surface area contributed by atoms with Crippen LogP contribution in [-0.2, 0) is 0 Å². The van der Waals surface area contributed by atoms with Crippen molar-refractivity contribution in [3.63, 3.8) is 0 Å². The molecule has 0 unspecified atom stereocenters. The molecule has 0 bridgehead atoms. The van der Waals surface area contributed by atoms with E-state index in [0.717, 1.165) is 16.9 Å². The largest absolute Gasteiger partial charge is 0.490 e. The molecule has 2 aromatic carbocycles. The van der Waals surface area contributed by atoms with Gasteiger partial charge in [-0.2, -0.15) is 0 Å². The Kier molecular flexibility index (Phi) is 7.55. The van der Waals surface area contributed by atoms with Crippen LogP contribution in [-0.4, -0.2) is 39.8 Å². The molecular weight excluding hydrogens is 356 g/mol. The third-order valence-corrected chi connectivity index (χ3v) is 4.15. The smallest absolute Gasteiger partial charge is 0.255 e. The van der Waals surface area contributed by atoms with Gasteiger partial charge in [0.25, 0.3) is 5.91 Å². The molecule has 0 aromatic heterocycles. The first-order chi connectivity index (χ1) is 13.4. The van der Waals surface area contributed by atoms with E-state index in [1.165, 1.54) is 0 Å². The molecule has 0 radical (unpaired) electrons. The zero-order valence-corrected chi connectivity index (χ0v) is 17.6. The second-order valence-electron chi connectivity index (χ2n) is 6.45.